The summed E-state index contributed by atoms with van der Waals surface area (Å²) < 4.78 is 0. The van der Waals surface area contributed by atoms with Crippen LogP contribution in [0.4, 0.5) is 0 Å². The molecule has 0 aromatic rings. The molecular formula is C5H12N2O. The van der Waals surface area contributed by atoms with E-state index in [1.807, 2.05) is 7.05 Å². The van der Waals surface area contributed by atoms with Crippen LogP contribution in [0.3, 0.4) is 0 Å². The lowest BCUT2D eigenvalue weighted by molar-refractivity contribution is -0.853. The first-order valence-corrected chi connectivity index (χ1v) is 2.99. The van der Waals surface area contributed by atoms with Crippen molar-refractivity contribution in [1.82, 2.24) is 4.90 Å². The van der Waals surface area contributed by atoms with E-state index in [0.717, 1.165) is 26.2 Å². The molecule has 1 fully saturated rings. The Morgan fingerprint density at radius 3 is 2.25 bits per heavy atom. The summed E-state index contributed by atoms with van der Waals surface area (Å²) in [5.74, 6) is 0. The molecule has 0 spiro atoms. The van der Waals surface area contributed by atoms with Crippen molar-refractivity contribution in [3.63, 3.8) is 0 Å². The lowest BCUT2D eigenvalue weighted by Crippen LogP contribution is -3.10. The molecule has 1 heterocycles. The number of nitrogens with zero attached hydrogens (tertiary/aromatic N) is 1. The molecule has 1 saturated heterocycles. The lowest BCUT2D eigenvalue weighted by Gasteiger charge is -2.31. The van der Waals surface area contributed by atoms with Crippen molar-refractivity contribution in [3.05, 3.63) is 5.21 Å². The summed E-state index contributed by atoms with van der Waals surface area (Å²) in [5.41, 5.74) is 0. The second kappa shape index (κ2) is 2.44. The monoisotopic (exact) mass is 116 g/mol. The minimum absolute atomic E-state index is 0.420. The maximum Gasteiger partial charge on any atom is 0.0897 e. The third kappa shape index (κ3) is 1.43. The highest BCUT2D eigenvalue weighted by molar-refractivity contribution is 4.52. The van der Waals surface area contributed by atoms with Crippen molar-refractivity contribution in [1.29, 1.82) is 0 Å². The van der Waals surface area contributed by atoms with Gasteiger partial charge < -0.3 is 10.3 Å². The van der Waals surface area contributed by atoms with Gasteiger partial charge in [-0.1, -0.05) is 0 Å². The van der Waals surface area contributed by atoms with E-state index in [9.17, 15) is 5.21 Å². The van der Waals surface area contributed by atoms with Crippen LogP contribution in [-0.2, 0) is 0 Å². The van der Waals surface area contributed by atoms with E-state index in [0.29, 0.717) is 5.06 Å². The van der Waals surface area contributed by atoms with Gasteiger partial charge in [0.15, 0.2) is 0 Å². The van der Waals surface area contributed by atoms with E-state index in [1.165, 1.54) is 0 Å². The van der Waals surface area contributed by atoms with E-state index in [4.69, 9.17) is 0 Å². The van der Waals surface area contributed by atoms with Gasteiger partial charge >= 0.3 is 0 Å². The second-order valence-electron chi connectivity index (χ2n) is 2.34. The molecule has 0 atom stereocenters. The van der Waals surface area contributed by atoms with Gasteiger partial charge in [-0.25, -0.2) is 0 Å². The predicted octanol–water partition coefficient (Wildman–Crippen LogP) is -1.69. The molecule has 0 saturated carbocycles. The first-order chi connectivity index (χ1) is 3.79. The smallest absolute Gasteiger partial charge is 0.0897 e. The number of hydrogen-bond acceptors (Lipinski definition) is 2. The fourth-order valence-corrected chi connectivity index (χ4v) is 0.868. The molecule has 0 bridgehead atoms. The molecule has 0 radical (unpaired) electrons. The topological polar surface area (TPSA) is 30.7 Å². The normalized spacial score (nSPS) is 26.2. The third-order valence-electron chi connectivity index (χ3n) is 1.54. The number of hydrogen-bond donors (Lipinski definition) is 1. The van der Waals surface area contributed by atoms with Gasteiger partial charge in [0, 0.05) is 13.1 Å². The van der Waals surface area contributed by atoms with Crippen LogP contribution < -0.4 is 5.06 Å². The van der Waals surface area contributed by atoms with Crippen LogP contribution in [0.2, 0.25) is 0 Å². The molecule has 1 aliphatic heterocycles. The van der Waals surface area contributed by atoms with Crippen LogP contribution >= 0.6 is 0 Å². The highest BCUT2D eigenvalue weighted by Gasteiger charge is 2.08. The zero-order chi connectivity index (χ0) is 5.98. The molecule has 1 rings (SSSR count). The molecule has 1 N–H and O–H groups in total. The Morgan fingerprint density at radius 1 is 1.38 bits per heavy atom. The van der Waals surface area contributed by atoms with Gasteiger partial charge in [-0.05, 0) is 7.05 Å². The number of piperazine rings is 1. The van der Waals surface area contributed by atoms with Crippen molar-refractivity contribution >= 4 is 0 Å². The van der Waals surface area contributed by atoms with Crippen molar-refractivity contribution in [2.75, 3.05) is 33.2 Å². The maximum atomic E-state index is 10.6. The molecule has 0 aromatic heterocycles. The van der Waals surface area contributed by atoms with Crippen LogP contribution in [0.1, 0.15) is 0 Å². The number of quaternary nitrogens is 1. The SMILES string of the molecule is CN1CC[NH+]([O-])CC1. The molecular weight excluding hydrogens is 104 g/mol. The van der Waals surface area contributed by atoms with Crippen molar-refractivity contribution < 1.29 is 5.06 Å². The summed E-state index contributed by atoms with van der Waals surface area (Å²) in [6, 6.07) is 0. The Bertz CT molecular complexity index is 58.8. The maximum absolute atomic E-state index is 10.6. The Morgan fingerprint density at radius 2 is 1.88 bits per heavy atom. The van der Waals surface area contributed by atoms with Crippen LogP contribution in [0, 0.1) is 5.21 Å². The molecule has 0 amide bonds. The van der Waals surface area contributed by atoms with Crippen LogP contribution in [-0.4, -0.2) is 38.1 Å². The standard InChI is InChI=1S/C5H12N2O/c1-6-2-4-7(8)5-3-6/h7H,2-5H2,1H3. The first-order valence-electron chi connectivity index (χ1n) is 2.99. The van der Waals surface area contributed by atoms with Gasteiger partial charge in [-0.15, -0.1) is 0 Å². The molecule has 0 unspecified atom stereocenters. The number of likely N-dealkylation sites (N-methyl/N-ethyl adjacent to an activating group) is 1. The molecule has 3 nitrogen and oxygen atoms in total. The zero-order valence-corrected chi connectivity index (χ0v) is 5.18. The van der Waals surface area contributed by atoms with E-state index in [1.54, 1.807) is 0 Å². The highest BCUT2D eigenvalue weighted by atomic mass is 16.5. The van der Waals surface area contributed by atoms with Gasteiger partial charge in [0.1, 0.15) is 0 Å². The fraction of sp³-hybridized carbons (Fsp3) is 1.00. The highest BCUT2D eigenvalue weighted by Crippen LogP contribution is 1.79. The summed E-state index contributed by atoms with van der Waals surface area (Å²) >= 11 is 0. The predicted molar refractivity (Wildman–Crippen MR) is 31.6 cm³/mol. The largest absolute Gasteiger partial charge is 0.634 e. The third-order valence-corrected chi connectivity index (χ3v) is 1.54. The average molecular weight is 116 g/mol. The molecule has 8 heavy (non-hydrogen) atoms. The van der Waals surface area contributed by atoms with Gasteiger partial charge in [0.25, 0.3) is 0 Å². The van der Waals surface area contributed by atoms with Gasteiger partial charge in [0.2, 0.25) is 0 Å². The Balaban J connectivity index is 2.19. The van der Waals surface area contributed by atoms with Crippen molar-refractivity contribution in [2.45, 2.75) is 0 Å². The van der Waals surface area contributed by atoms with E-state index in [-0.39, 0.29) is 0 Å². The summed E-state index contributed by atoms with van der Waals surface area (Å²) in [5, 5.41) is 11.0. The van der Waals surface area contributed by atoms with Crippen molar-refractivity contribution in [2.24, 2.45) is 0 Å². The minimum Gasteiger partial charge on any atom is -0.634 e. The summed E-state index contributed by atoms with van der Waals surface area (Å²) in [7, 11) is 2.05. The first kappa shape index (κ1) is 6.01. The average Bonchev–Trinajstić information content (AvgIpc) is 1.77. The molecule has 48 valence electrons. The summed E-state index contributed by atoms with van der Waals surface area (Å²) in [4.78, 5) is 2.18. The number of rotatable bonds is 0. The number of hydroxylamine groups is 2. The Kier molecular flexibility index (Phi) is 1.83. The summed E-state index contributed by atoms with van der Waals surface area (Å²) in [6.45, 7) is 3.44. The Labute approximate surface area is 49.5 Å². The Hall–Kier alpha value is -0.120. The van der Waals surface area contributed by atoms with Gasteiger partial charge in [-0.2, -0.15) is 0 Å². The summed E-state index contributed by atoms with van der Waals surface area (Å²) in [6.07, 6.45) is 0. The van der Waals surface area contributed by atoms with Crippen LogP contribution in [0.5, 0.6) is 0 Å². The quantitative estimate of drug-likeness (QED) is 0.383. The molecule has 1 aliphatic rings. The van der Waals surface area contributed by atoms with Crippen LogP contribution in [0.15, 0.2) is 0 Å². The van der Waals surface area contributed by atoms with Crippen LogP contribution in [0.25, 0.3) is 0 Å². The lowest BCUT2D eigenvalue weighted by atomic mass is 10.4. The van der Waals surface area contributed by atoms with Gasteiger partial charge in [0.05, 0.1) is 13.1 Å². The minimum atomic E-state index is 0.420. The molecule has 0 aliphatic carbocycles. The van der Waals surface area contributed by atoms with E-state index in [2.05, 4.69) is 4.90 Å². The fourth-order valence-electron chi connectivity index (χ4n) is 0.868. The van der Waals surface area contributed by atoms with E-state index < -0.39 is 0 Å². The number of nitrogens with one attached hydrogen (secondary N) is 1. The second-order valence-corrected chi connectivity index (χ2v) is 2.34. The van der Waals surface area contributed by atoms with Crippen molar-refractivity contribution in [3.8, 4) is 0 Å². The zero-order valence-electron chi connectivity index (χ0n) is 5.18. The molecule has 0 aromatic carbocycles. The van der Waals surface area contributed by atoms with Gasteiger partial charge in [-0.3, -0.25) is 4.90 Å². The molecule has 3 heteroatoms. The van der Waals surface area contributed by atoms with E-state index >= 15 is 0 Å².